The zero-order valence-corrected chi connectivity index (χ0v) is 11.2. The summed E-state index contributed by atoms with van der Waals surface area (Å²) in [6, 6.07) is 6.50. The van der Waals surface area contributed by atoms with E-state index in [2.05, 4.69) is 18.2 Å². The van der Waals surface area contributed by atoms with Crippen LogP contribution in [-0.2, 0) is 11.2 Å². The van der Waals surface area contributed by atoms with Gasteiger partial charge in [0.2, 0.25) is 0 Å². The van der Waals surface area contributed by atoms with Crippen molar-refractivity contribution in [2.45, 2.75) is 38.6 Å². The van der Waals surface area contributed by atoms with Crippen molar-refractivity contribution in [3.63, 3.8) is 0 Å². The normalized spacial score (nSPS) is 18.4. The molecule has 1 aliphatic rings. The van der Waals surface area contributed by atoms with E-state index >= 15 is 0 Å². The van der Waals surface area contributed by atoms with Gasteiger partial charge in [0.15, 0.2) is 0 Å². The van der Waals surface area contributed by atoms with Crippen LogP contribution in [-0.4, -0.2) is 19.8 Å². The van der Waals surface area contributed by atoms with Crippen LogP contribution >= 0.6 is 0 Å². The Morgan fingerprint density at radius 1 is 1.33 bits per heavy atom. The summed E-state index contributed by atoms with van der Waals surface area (Å²) in [6.45, 7) is 4.24. The molecule has 0 unspecified atom stereocenters. The van der Waals surface area contributed by atoms with Crippen molar-refractivity contribution in [3.8, 4) is 5.75 Å². The Morgan fingerprint density at radius 2 is 2.22 bits per heavy atom. The van der Waals surface area contributed by atoms with Crippen molar-refractivity contribution in [2.75, 3.05) is 19.8 Å². The van der Waals surface area contributed by atoms with Gasteiger partial charge >= 0.3 is 0 Å². The lowest BCUT2D eigenvalue weighted by Gasteiger charge is -2.22. The monoisotopic (exact) mass is 249 g/mol. The van der Waals surface area contributed by atoms with Crippen molar-refractivity contribution in [3.05, 3.63) is 29.3 Å². The van der Waals surface area contributed by atoms with E-state index in [0.717, 1.165) is 38.2 Å². The first kappa shape index (κ1) is 13.4. The van der Waals surface area contributed by atoms with E-state index < -0.39 is 0 Å². The zero-order valence-electron chi connectivity index (χ0n) is 11.2. The molecule has 0 amide bonds. The molecular formula is C15H23NO2. The van der Waals surface area contributed by atoms with E-state index in [9.17, 15) is 0 Å². The minimum Gasteiger partial charge on any atom is -0.493 e. The highest BCUT2D eigenvalue weighted by Crippen LogP contribution is 2.30. The largest absolute Gasteiger partial charge is 0.493 e. The molecule has 2 N–H and O–H groups in total. The second-order valence-electron chi connectivity index (χ2n) is 4.76. The molecule has 0 saturated heterocycles. The molecule has 0 bridgehead atoms. The van der Waals surface area contributed by atoms with Gasteiger partial charge in [0.05, 0.1) is 6.61 Å². The first-order valence-corrected chi connectivity index (χ1v) is 6.90. The smallest absolute Gasteiger partial charge is 0.119 e. The van der Waals surface area contributed by atoms with Crippen LogP contribution in [0.25, 0.3) is 0 Å². The zero-order chi connectivity index (χ0) is 12.8. The third-order valence-electron chi connectivity index (χ3n) is 3.38. The molecule has 1 aromatic carbocycles. The molecule has 0 saturated carbocycles. The lowest BCUT2D eigenvalue weighted by Crippen LogP contribution is -2.17. The van der Waals surface area contributed by atoms with Gasteiger partial charge in [-0.3, -0.25) is 0 Å². The lowest BCUT2D eigenvalue weighted by molar-refractivity contribution is 0.131. The highest BCUT2D eigenvalue weighted by Gasteiger charge is 2.17. The second-order valence-corrected chi connectivity index (χ2v) is 4.76. The molecule has 0 heterocycles. The van der Waals surface area contributed by atoms with Gasteiger partial charge < -0.3 is 15.2 Å². The van der Waals surface area contributed by atoms with Gasteiger partial charge in [-0.2, -0.15) is 0 Å². The van der Waals surface area contributed by atoms with Crippen molar-refractivity contribution in [2.24, 2.45) is 5.73 Å². The molecule has 1 aliphatic carbocycles. The van der Waals surface area contributed by atoms with Crippen molar-refractivity contribution in [1.29, 1.82) is 0 Å². The summed E-state index contributed by atoms with van der Waals surface area (Å²) < 4.78 is 11.0. The molecule has 3 nitrogen and oxygen atoms in total. The van der Waals surface area contributed by atoms with E-state index in [0.29, 0.717) is 6.61 Å². The van der Waals surface area contributed by atoms with Gasteiger partial charge in [-0.25, -0.2) is 0 Å². The van der Waals surface area contributed by atoms with Crippen LogP contribution in [0.3, 0.4) is 0 Å². The molecule has 0 aromatic heterocycles. The summed E-state index contributed by atoms with van der Waals surface area (Å²) in [7, 11) is 0. The highest BCUT2D eigenvalue weighted by atomic mass is 16.5. The third-order valence-corrected chi connectivity index (χ3v) is 3.38. The van der Waals surface area contributed by atoms with E-state index in [4.69, 9.17) is 15.2 Å². The Bertz CT molecular complexity index is 379. The van der Waals surface area contributed by atoms with Crippen LogP contribution in [0.5, 0.6) is 5.75 Å². The summed E-state index contributed by atoms with van der Waals surface area (Å²) in [5.41, 5.74) is 8.79. The molecule has 0 radical (unpaired) electrons. The molecule has 1 atom stereocenters. The maximum absolute atomic E-state index is 6.13. The molecule has 100 valence electrons. The molecule has 2 rings (SSSR count). The van der Waals surface area contributed by atoms with Gasteiger partial charge in [-0.05, 0) is 49.4 Å². The maximum atomic E-state index is 6.13. The van der Waals surface area contributed by atoms with E-state index in [-0.39, 0.29) is 6.04 Å². The molecule has 1 aromatic rings. The fourth-order valence-corrected chi connectivity index (χ4v) is 2.40. The molecule has 0 fully saturated rings. The van der Waals surface area contributed by atoms with Crippen LogP contribution in [0, 0.1) is 0 Å². The number of nitrogens with two attached hydrogens (primary N) is 1. The average Bonchev–Trinajstić information content (AvgIpc) is 2.39. The summed E-state index contributed by atoms with van der Waals surface area (Å²) >= 11 is 0. The predicted molar refractivity (Wildman–Crippen MR) is 72.9 cm³/mol. The quantitative estimate of drug-likeness (QED) is 0.788. The third kappa shape index (κ3) is 3.47. The molecule has 3 heteroatoms. The first-order chi connectivity index (χ1) is 8.81. The highest BCUT2D eigenvalue weighted by molar-refractivity contribution is 5.39. The number of ether oxygens (including phenoxy) is 2. The van der Waals surface area contributed by atoms with Gasteiger partial charge in [-0.15, -0.1) is 0 Å². The minimum absolute atomic E-state index is 0.181. The summed E-state index contributed by atoms with van der Waals surface area (Å²) in [4.78, 5) is 0. The summed E-state index contributed by atoms with van der Waals surface area (Å²) in [5.74, 6) is 0.933. The van der Waals surface area contributed by atoms with Gasteiger partial charge in [0.1, 0.15) is 5.75 Å². The van der Waals surface area contributed by atoms with Crippen molar-refractivity contribution in [1.82, 2.24) is 0 Å². The number of hydrogen-bond acceptors (Lipinski definition) is 3. The van der Waals surface area contributed by atoms with Crippen LogP contribution in [0.1, 0.15) is 43.4 Å². The number of benzene rings is 1. The van der Waals surface area contributed by atoms with Crippen molar-refractivity contribution < 1.29 is 9.47 Å². The first-order valence-electron chi connectivity index (χ1n) is 6.90. The molecule has 18 heavy (non-hydrogen) atoms. The number of rotatable bonds is 6. The van der Waals surface area contributed by atoms with Crippen LogP contribution in [0.15, 0.2) is 18.2 Å². The number of hydrogen-bond donors (Lipinski definition) is 1. The fraction of sp³-hybridized carbons (Fsp3) is 0.600. The summed E-state index contributed by atoms with van der Waals surface area (Å²) in [5, 5.41) is 0. The van der Waals surface area contributed by atoms with Crippen LogP contribution in [0.2, 0.25) is 0 Å². The summed E-state index contributed by atoms with van der Waals surface area (Å²) in [6.07, 6.45) is 4.36. The van der Waals surface area contributed by atoms with E-state index in [1.165, 1.54) is 17.5 Å². The minimum atomic E-state index is 0.181. The fourth-order valence-electron chi connectivity index (χ4n) is 2.40. The Labute approximate surface area is 109 Å². The SMILES string of the molecule is CCOCCCOc1ccc2c(c1)[C@@H](N)CCC2. The Hall–Kier alpha value is -1.06. The van der Waals surface area contributed by atoms with Gasteiger partial charge in [0.25, 0.3) is 0 Å². The average molecular weight is 249 g/mol. The van der Waals surface area contributed by atoms with Crippen molar-refractivity contribution >= 4 is 0 Å². The van der Waals surface area contributed by atoms with E-state index in [1.807, 2.05) is 6.92 Å². The predicted octanol–water partition coefficient (Wildman–Crippen LogP) is 2.83. The van der Waals surface area contributed by atoms with Gasteiger partial charge in [0, 0.05) is 25.7 Å². The topological polar surface area (TPSA) is 44.5 Å². The van der Waals surface area contributed by atoms with E-state index in [1.54, 1.807) is 0 Å². The Kier molecular flexibility index (Phi) is 5.02. The molecule has 0 aliphatic heterocycles. The Morgan fingerprint density at radius 3 is 3.06 bits per heavy atom. The number of fused-ring (bicyclic) bond motifs is 1. The van der Waals surface area contributed by atoms with Gasteiger partial charge in [-0.1, -0.05) is 6.07 Å². The second kappa shape index (κ2) is 6.76. The Balaban J connectivity index is 1.88. The number of aryl methyl sites for hydroxylation is 1. The van der Waals surface area contributed by atoms with Crippen LogP contribution in [0.4, 0.5) is 0 Å². The molecular weight excluding hydrogens is 226 g/mol. The maximum Gasteiger partial charge on any atom is 0.119 e. The van der Waals surface area contributed by atoms with Crippen LogP contribution < -0.4 is 10.5 Å². The standard InChI is InChI=1S/C15H23NO2/c1-2-17-9-4-10-18-13-8-7-12-5-3-6-15(16)14(12)11-13/h7-8,11,15H,2-6,9-10,16H2,1H3/t15-/m0/s1. The lowest BCUT2D eigenvalue weighted by atomic mass is 9.88. The molecule has 0 spiro atoms.